The van der Waals surface area contributed by atoms with Crippen molar-refractivity contribution in [3.05, 3.63) is 24.2 Å². The summed E-state index contributed by atoms with van der Waals surface area (Å²) in [6.45, 7) is 2.01. The zero-order valence-electron chi connectivity index (χ0n) is 12.9. The van der Waals surface area contributed by atoms with E-state index in [9.17, 15) is 15.2 Å². The average molecular weight is 325 g/mol. The second-order valence-corrected chi connectivity index (χ2v) is 6.07. The summed E-state index contributed by atoms with van der Waals surface area (Å²) >= 11 is 0. The molecule has 3 atom stereocenters. The molecule has 4 heterocycles. The van der Waals surface area contributed by atoms with Crippen LogP contribution in [-0.4, -0.2) is 38.3 Å². The van der Waals surface area contributed by atoms with Gasteiger partial charge in [0.25, 0.3) is 5.91 Å². The predicted octanol–water partition coefficient (Wildman–Crippen LogP) is 1.21. The third-order valence-electron chi connectivity index (χ3n) is 4.47. The topological polar surface area (TPSA) is 113 Å². The molecule has 8 heteroatoms. The van der Waals surface area contributed by atoms with E-state index in [4.69, 9.17) is 4.74 Å². The summed E-state index contributed by atoms with van der Waals surface area (Å²) in [6, 6.07) is 2.06. The predicted molar refractivity (Wildman–Crippen MR) is 84.5 cm³/mol. The largest absolute Gasteiger partial charge is 0.394 e. The molecule has 2 N–H and O–H groups in total. The van der Waals surface area contributed by atoms with E-state index in [1.807, 2.05) is 11.5 Å². The molecule has 2 aliphatic heterocycles. The van der Waals surface area contributed by atoms with Gasteiger partial charge in [-0.05, 0) is 6.42 Å². The zero-order chi connectivity index (χ0) is 16.8. The number of hydrogen-bond donors (Lipinski definition) is 2. The van der Waals surface area contributed by atoms with E-state index < -0.39 is 0 Å². The number of carbonyl (C=O) groups is 1. The van der Waals surface area contributed by atoms with Gasteiger partial charge in [0, 0.05) is 23.8 Å². The number of carbonyl (C=O) groups excluding carboxylic acids is 1. The minimum atomic E-state index is -0.389. The van der Waals surface area contributed by atoms with Crippen LogP contribution in [0.5, 0.6) is 0 Å². The Balaban J connectivity index is 1.93. The number of amides is 1. The summed E-state index contributed by atoms with van der Waals surface area (Å²) in [5.41, 5.74) is 1.45. The van der Waals surface area contributed by atoms with E-state index in [2.05, 4.69) is 21.4 Å². The molecular formula is C16H15N5O3. The van der Waals surface area contributed by atoms with Gasteiger partial charge in [-0.3, -0.25) is 4.79 Å². The molecule has 2 aliphatic rings. The number of aliphatic hydroxyl groups excluding tert-OH is 1. The van der Waals surface area contributed by atoms with Gasteiger partial charge in [0.1, 0.15) is 30.1 Å². The highest BCUT2D eigenvalue weighted by atomic mass is 16.5. The van der Waals surface area contributed by atoms with Crippen LogP contribution in [-0.2, 0) is 9.53 Å². The Morgan fingerprint density at radius 3 is 3.08 bits per heavy atom. The lowest BCUT2D eigenvalue weighted by molar-refractivity contribution is -0.111. The summed E-state index contributed by atoms with van der Waals surface area (Å²) in [4.78, 5) is 20.3. The Bertz CT molecular complexity index is 910. The van der Waals surface area contributed by atoms with Gasteiger partial charge in [-0.15, -0.1) is 0 Å². The van der Waals surface area contributed by atoms with Crippen LogP contribution in [0.4, 0.5) is 5.82 Å². The highest BCUT2D eigenvalue weighted by Gasteiger charge is 2.35. The number of hydrogen-bond acceptors (Lipinski definition) is 6. The second kappa shape index (κ2) is 5.40. The van der Waals surface area contributed by atoms with Gasteiger partial charge < -0.3 is 19.7 Å². The van der Waals surface area contributed by atoms with E-state index >= 15 is 0 Å². The first-order valence-corrected chi connectivity index (χ1v) is 7.67. The van der Waals surface area contributed by atoms with Crippen LogP contribution in [0.1, 0.15) is 25.1 Å². The minimum absolute atomic E-state index is 0.0352. The fraction of sp³-hybridized carbons (Fsp3) is 0.375. The van der Waals surface area contributed by atoms with Crippen molar-refractivity contribution in [3.63, 3.8) is 0 Å². The Hall–Kier alpha value is -2.76. The Morgan fingerprint density at radius 1 is 1.54 bits per heavy atom. The monoisotopic (exact) mass is 325 g/mol. The van der Waals surface area contributed by atoms with Crippen LogP contribution in [0.25, 0.3) is 16.6 Å². The maximum atomic E-state index is 11.9. The molecule has 122 valence electrons. The first-order chi connectivity index (χ1) is 11.6. The van der Waals surface area contributed by atoms with Crippen LogP contribution in [0.2, 0.25) is 0 Å². The number of nitrogens with one attached hydrogen (secondary N) is 1. The molecule has 24 heavy (non-hydrogen) atoms. The lowest BCUT2D eigenvalue weighted by Gasteiger charge is -2.18. The van der Waals surface area contributed by atoms with Gasteiger partial charge in [-0.25, -0.2) is 9.97 Å². The molecule has 0 spiro atoms. The molecule has 2 aromatic heterocycles. The van der Waals surface area contributed by atoms with Crippen molar-refractivity contribution in [2.45, 2.75) is 25.7 Å². The molecule has 2 aromatic rings. The van der Waals surface area contributed by atoms with Crippen LogP contribution in [0.3, 0.4) is 0 Å². The quantitative estimate of drug-likeness (QED) is 0.858. The van der Waals surface area contributed by atoms with Crippen LogP contribution >= 0.6 is 0 Å². The number of nitriles is 1. The van der Waals surface area contributed by atoms with Crippen molar-refractivity contribution in [2.75, 3.05) is 11.9 Å². The number of aliphatic hydroxyl groups is 1. The summed E-state index contributed by atoms with van der Waals surface area (Å²) in [6.07, 6.45) is 4.64. The number of aromatic nitrogens is 3. The molecule has 0 radical (unpaired) electrons. The van der Waals surface area contributed by atoms with Crippen molar-refractivity contribution in [3.8, 4) is 6.07 Å². The lowest BCUT2D eigenvalue weighted by Crippen LogP contribution is -2.16. The van der Waals surface area contributed by atoms with E-state index in [1.165, 1.54) is 12.4 Å². The highest BCUT2D eigenvalue weighted by Crippen LogP contribution is 2.40. The van der Waals surface area contributed by atoms with E-state index in [0.29, 0.717) is 22.4 Å². The Kier molecular flexibility index (Phi) is 3.33. The van der Waals surface area contributed by atoms with E-state index in [0.717, 1.165) is 6.42 Å². The van der Waals surface area contributed by atoms with Crippen LogP contribution < -0.4 is 5.32 Å². The Morgan fingerprint density at radius 2 is 2.38 bits per heavy atom. The summed E-state index contributed by atoms with van der Waals surface area (Å²) < 4.78 is 7.78. The molecule has 0 saturated carbocycles. The van der Waals surface area contributed by atoms with Gasteiger partial charge in [0.15, 0.2) is 0 Å². The fourth-order valence-electron chi connectivity index (χ4n) is 3.41. The number of nitrogens with zero attached hydrogens (tertiary/aromatic N) is 4. The maximum Gasteiger partial charge on any atom is 0.250 e. The molecule has 8 nitrogen and oxygen atoms in total. The summed E-state index contributed by atoms with van der Waals surface area (Å²) in [5.74, 6) is 0.167. The van der Waals surface area contributed by atoms with Crippen molar-refractivity contribution < 1.29 is 14.6 Å². The molecule has 1 saturated heterocycles. The molecule has 1 amide bonds. The van der Waals surface area contributed by atoms with Crippen LogP contribution in [0, 0.1) is 17.2 Å². The van der Waals surface area contributed by atoms with Crippen molar-refractivity contribution in [1.29, 1.82) is 5.26 Å². The summed E-state index contributed by atoms with van der Waals surface area (Å²) in [7, 11) is 0. The van der Waals surface area contributed by atoms with Crippen molar-refractivity contribution in [2.24, 2.45) is 5.92 Å². The highest BCUT2D eigenvalue weighted by molar-refractivity contribution is 6.15. The molecule has 0 aliphatic carbocycles. The van der Waals surface area contributed by atoms with E-state index in [-0.39, 0.29) is 36.3 Å². The second-order valence-electron chi connectivity index (χ2n) is 6.07. The maximum absolute atomic E-state index is 11.9. The van der Waals surface area contributed by atoms with Crippen molar-refractivity contribution >= 4 is 28.3 Å². The van der Waals surface area contributed by atoms with Crippen molar-refractivity contribution in [1.82, 2.24) is 14.5 Å². The number of rotatable bonds is 2. The Labute approximate surface area is 137 Å². The average Bonchev–Trinajstić information content (AvgIpc) is 3.09. The molecule has 1 fully saturated rings. The molecule has 0 aromatic carbocycles. The van der Waals surface area contributed by atoms with Gasteiger partial charge in [-0.2, -0.15) is 5.26 Å². The number of ether oxygens (including phenoxy) is 1. The third kappa shape index (κ3) is 2.10. The number of allylic oxidation sites excluding steroid dienone is 1. The zero-order valence-corrected chi connectivity index (χ0v) is 12.9. The smallest absolute Gasteiger partial charge is 0.250 e. The van der Waals surface area contributed by atoms with E-state index in [1.54, 1.807) is 6.20 Å². The first kappa shape index (κ1) is 14.8. The van der Waals surface area contributed by atoms with Gasteiger partial charge in [0.2, 0.25) is 0 Å². The lowest BCUT2D eigenvalue weighted by atomic mass is 10.1. The normalized spacial score (nSPS) is 26.0. The minimum Gasteiger partial charge on any atom is -0.394 e. The van der Waals surface area contributed by atoms with Crippen LogP contribution in [0.15, 0.2) is 18.6 Å². The molecular weight excluding hydrogens is 310 g/mol. The SMILES string of the molecule is C[C@H]1C[C@@H](CO)O[C@H]1n1cc2c3c(ncnc31)NC(=O)C=C2C#N. The first-order valence-electron chi connectivity index (χ1n) is 7.67. The van der Waals surface area contributed by atoms with Gasteiger partial charge in [-0.1, -0.05) is 6.92 Å². The number of anilines is 1. The molecule has 0 unspecified atom stereocenters. The fourth-order valence-corrected chi connectivity index (χ4v) is 3.41. The third-order valence-corrected chi connectivity index (χ3v) is 4.47. The molecule has 4 rings (SSSR count). The van der Waals surface area contributed by atoms with Gasteiger partial charge in [0.05, 0.1) is 23.7 Å². The summed E-state index contributed by atoms with van der Waals surface area (Å²) in [5, 5.41) is 22.1. The molecule has 0 bridgehead atoms. The van der Waals surface area contributed by atoms with Gasteiger partial charge >= 0.3 is 0 Å². The standard InChI is InChI=1S/C16H15N5O3/c1-8-2-10(6-22)24-16(8)21-5-11-9(4-17)3-12(23)20-14-13(11)15(21)19-7-18-14/h3,5,7-8,10,16,22H,2,6H2,1H3,(H,18,19,20,23)/t8-,10-,16+/m0/s1.